The summed E-state index contributed by atoms with van der Waals surface area (Å²) in [6.45, 7) is 6.98. The van der Waals surface area contributed by atoms with Gasteiger partial charge in [0.05, 0.1) is 7.11 Å². The number of methoxy groups -OCH3 is 1. The van der Waals surface area contributed by atoms with Gasteiger partial charge in [-0.25, -0.2) is 0 Å². The normalized spacial score (nSPS) is 18.4. The van der Waals surface area contributed by atoms with Gasteiger partial charge in [-0.3, -0.25) is 9.59 Å². The molecule has 5 heteroatoms. The third-order valence-electron chi connectivity index (χ3n) is 4.37. The molecule has 0 saturated carbocycles. The molecule has 1 fully saturated rings. The number of carbonyl (C=O) groups is 2. The average molecular weight is 318 g/mol. The molecule has 0 spiro atoms. The predicted molar refractivity (Wildman–Crippen MR) is 90.4 cm³/mol. The zero-order valence-corrected chi connectivity index (χ0v) is 14.4. The number of likely N-dealkylation sites (tertiary alicyclic amines) is 1. The molecule has 0 radical (unpaired) electrons. The Hall–Kier alpha value is -2.04. The van der Waals surface area contributed by atoms with Crippen LogP contribution in [-0.4, -0.2) is 36.9 Å². The number of nitrogens with one attached hydrogen (secondary N) is 1. The Morgan fingerprint density at radius 2 is 2.09 bits per heavy atom. The van der Waals surface area contributed by atoms with Crippen LogP contribution in [0.25, 0.3) is 0 Å². The summed E-state index contributed by atoms with van der Waals surface area (Å²) in [6.07, 6.45) is 2.14. The minimum absolute atomic E-state index is 0.107. The third kappa shape index (κ3) is 4.03. The van der Waals surface area contributed by atoms with Crippen LogP contribution >= 0.6 is 0 Å². The molecule has 1 atom stereocenters. The van der Waals surface area contributed by atoms with E-state index in [4.69, 9.17) is 4.74 Å². The van der Waals surface area contributed by atoms with Crippen molar-refractivity contribution < 1.29 is 14.3 Å². The Morgan fingerprint density at radius 3 is 2.74 bits per heavy atom. The highest BCUT2D eigenvalue weighted by atomic mass is 16.5. The lowest BCUT2D eigenvalue weighted by atomic mass is 9.88. The van der Waals surface area contributed by atoms with Crippen LogP contribution in [-0.2, 0) is 9.59 Å². The Bertz CT molecular complexity index is 583. The van der Waals surface area contributed by atoms with Crippen LogP contribution in [0.3, 0.4) is 0 Å². The maximum Gasteiger partial charge on any atom is 0.239 e. The summed E-state index contributed by atoms with van der Waals surface area (Å²) in [4.78, 5) is 27.2. The molecular weight excluding hydrogens is 292 g/mol. The van der Waals surface area contributed by atoms with Crippen LogP contribution in [0.1, 0.15) is 33.6 Å². The fourth-order valence-electron chi connectivity index (χ4n) is 2.85. The van der Waals surface area contributed by atoms with E-state index >= 15 is 0 Å². The number of ether oxygens (including phenoxy) is 1. The number of hydrogen-bond donors (Lipinski definition) is 1. The highest BCUT2D eigenvalue weighted by Crippen LogP contribution is 2.26. The van der Waals surface area contributed by atoms with E-state index in [2.05, 4.69) is 12.2 Å². The molecule has 2 rings (SSSR count). The first-order valence-electron chi connectivity index (χ1n) is 8.09. The maximum absolute atomic E-state index is 12.8. The van der Waals surface area contributed by atoms with Gasteiger partial charge in [-0.15, -0.1) is 0 Å². The topological polar surface area (TPSA) is 58.6 Å². The number of carbonyl (C=O) groups excluding carboxylic acids is 2. The van der Waals surface area contributed by atoms with E-state index in [-0.39, 0.29) is 11.8 Å². The van der Waals surface area contributed by atoms with Crippen molar-refractivity contribution in [3.63, 3.8) is 0 Å². The van der Waals surface area contributed by atoms with E-state index in [1.165, 1.54) is 0 Å². The van der Waals surface area contributed by atoms with Crippen molar-refractivity contribution in [2.75, 3.05) is 25.5 Å². The largest absolute Gasteiger partial charge is 0.497 e. The van der Waals surface area contributed by atoms with Gasteiger partial charge in [0.25, 0.3) is 0 Å². The monoisotopic (exact) mass is 318 g/mol. The van der Waals surface area contributed by atoms with Crippen LogP contribution in [0.2, 0.25) is 0 Å². The Labute approximate surface area is 138 Å². The SMILES string of the molecule is COc1cccc(NC(=O)C(C)(C)C(=O)N2CCCC(C)C2)c1. The second-order valence-electron chi connectivity index (χ2n) is 6.81. The summed E-state index contributed by atoms with van der Waals surface area (Å²) < 4.78 is 5.15. The summed E-state index contributed by atoms with van der Waals surface area (Å²) in [5.74, 6) is 0.750. The molecule has 1 aliphatic rings. The van der Waals surface area contributed by atoms with E-state index in [9.17, 15) is 9.59 Å². The molecule has 1 aromatic rings. The second-order valence-corrected chi connectivity index (χ2v) is 6.81. The van der Waals surface area contributed by atoms with Crippen molar-refractivity contribution in [1.29, 1.82) is 0 Å². The molecule has 2 amide bonds. The van der Waals surface area contributed by atoms with Crippen molar-refractivity contribution in [2.24, 2.45) is 11.3 Å². The molecule has 0 bridgehead atoms. The minimum Gasteiger partial charge on any atom is -0.497 e. The van der Waals surface area contributed by atoms with Crippen LogP contribution in [0, 0.1) is 11.3 Å². The summed E-state index contributed by atoms with van der Waals surface area (Å²) in [6, 6.07) is 7.13. The van der Waals surface area contributed by atoms with Gasteiger partial charge in [0, 0.05) is 24.8 Å². The average Bonchev–Trinajstić information content (AvgIpc) is 2.54. The lowest BCUT2D eigenvalue weighted by Gasteiger charge is -2.36. The van der Waals surface area contributed by atoms with Crippen molar-refractivity contribution in [1.82, 2.24) is 4.90 Å². The van der Waals surface area contributed by atoms with Crippen molar-refractivity contribution >= 4 is 17.5 Å². The number of nitrogens with zero attached hydrogens (tertiary/aromatic N) is 1. The standard InChI is InChI=1S/C18H26N2O3/c1-13-7-6-10-20(12-13)17(22)18(2,3)16(21)19-14-8-5-9-15(11-14)23-4/h5,8-9,11,13H,6-7,10,12H2,1-4H3,(H,19,21). The van der Waals surface area contributed by atoms with E-state index in [0.717, 1.165) is 25.9 Å². The van der Waals surface area contributed by atoms with E-state index in [0.29, 0.717) is 17.4 Å². The fourth-order valence-corrected chi connectivity index (χ4v) is 2.85. The van der Waals surface area contributed by atoms with Gasteiger partial charge in [0.15, 0.2) is 0 Å². The highest BCUT2D eigenvalue weighted by molar-refractivity contribution is 6.09. The Morgan fingerprint density at radius 1 is 1.35 bits per heavy atom. The number of hydrogen-bond acceptors (Lipinski definition) is 3. The van der Waals surface area contributed by atoms with Gasteiger partial charge in [-0.05, 0) is 44.7 Å². The second kappa shape index (κ2) is 7.02. The summed E-state index contributed by atoms with van der Waals surface area (Å²) >= 11 is 0. The Kier molecular flexibility index (Phi) is 5.29. The highest BCUT2D eigenvalue weighted by Gasteiger charge is 2.40. The minimum atomic E-state index is -1.10. The van der Waals surface area contributed by atoms with E-state index < -0.39 is 5.41 Å². The molecule has 5 nitrogen and oxygen atoms in total. The van der Waals surface area contributed by atoms with Crippen molar-refractivity contribution in [2.45, 2.75) is 33.6 Å². The molecule has 1 unspecified atom stereocenters. The molecule has 126 valence electrons. The van der Waals surface area contributed by atoms with E-state index in [1.54, 1.807) is 45.2 Å². The molecule has 1 N–H and O–H groups in total. The predicted octanol–water partition coefficient (Wildman–Crippen LogP) is 2.92. The lowest BCUT2D eigenvalue weighted by molar-refractivity contribution is -0.147. The van der Waals surface area contributed by atoms with Crippen molar-refractivity contribution in [3.8, 4) is 5.75 Å². The van der Waals surface area contributed by atoms with Gasteiger partial charge in [-0.1, -0.05) is 13.0 Å². The number of amides is 2. The molecule has 1 heterocycles. The Balaban J connectivity index is 2.07. The molecular formula is C18H26N2O3. The third-order valence-corrected chi connectivity index (χ3v) is 4.37. The van der Waals surface area contributed by atoms with Crippen molar-refractivity contribution in [3.05, 3.63) is 24.3 Å². The summed E-state index contributed by atoms with van der Waals surface area (Å²) in [5.41, 5.74) is -0.470. The summed E-state index contributed by atoms with van der Waals surface area (Å²) in [7, 11) is 1.58. The molecule has 1 aliphatic heterocycles. The maximum atomic E-state index is 12.8. The molecule has 1 saturated heterocycles. The van der Waals surface area contributed by atoms with Crippen LogP contribution in [0.15, 0.2) is 24.3 Å². The van der Waals surface area contributed by atoms with Crippen LogP contribution in [0.4, 0.5) is 5.69 Å². The number of anilines is 1. The first-order valence-corrected chi connectivity index (χ1v) is 8.09. The molecule has 1 aromatic carbocycles. The van der Waals surface area contributed by atoms with Gasteiger partial charge < -0.3 is 15.0 Å². The first kappa shape index (κ1) is 17.3. The van der Waals surface area contributed by atoms with Gasteiger partial charge in [0.2, 0.25) is 11.8 Å². The number of rotatable bonds is 4. The zero-order chi connectivity index (χ0) is 17.0. The fraction of sp³-hybridized carbons (Fsp3) is 0.556. The number of piperidine rings is 1. The smallest absolute Gasteiger partial charge is 0.239 e. The lowest BCUT2D eigenvalue weighted by Crippen LogP contribution is -2.50. The van der Waals surface area contributed by atoms with Crippen LogP contribution < -0.4 is 10.1 Å². The first-order chi connectivity index (χ1) is 10.8. The van der Waals surface area contributed by atoms with E-state index in [1.807, 2.05) is 4.90 Å². The zero-order valence-electron chi connectivity index (χ0n) is 14.4. The summed E-state index contributed by atoms with van der Waals surface area (Å²) in [5, 5.41) is 2.82. The van der Waals surface area contributed by atoms with Gasteiger partial charge >= 0.3 is 0 Å². The van der Waals surface area contributed by atoms with Gasteiger partial charge in [0.1, 0.15) is 11.2 Å². The van der Waals surface area contributed by atoms with Gasteiger partial charge in [-0.2, -0.15) is 0 Å². The quantitative estimate of drug-likeness (QED) is 0.868. The van der Waals surface area contributed by atoms with Crippen LogP contribution in [0.5, 0.6) is 5.75 Å². The molecule has 0 aromatic heterocycles. The molecule has 23 heavy (non-hydrogen) atoms. The number of benzene rings is 1. The molecule has 0 aliphatic carbocycles.